The first-order valence-corrected chi connectivity index (χ1v) is 9.46. The second-order valence-electron chi connectivity index (χ2n) is 6.57. The lowest BCUT2D eigenvalue weighted by molar-refractivity contribution is -0.121. The molecule has 0 spiro atoms. The maximum absolute atomic E-state index is 12.1. The highest BCUT2D eigenvalue weighted by Crippen LogP contribution is 2.16. The van der Waals surface area contributed by atoms with Crippen molar-refractivity contribution in [1.29, 1.82) is 0 Å². The van der Waals surface area contributed by atoms with E-state index in [0.29, 0.717) is 19.4 Å². The Morgan fingerprint density at radius 1 is 1.04 bits per heavy atom. The van der Waals surface area contributed by atoms with E-state index in [-0.39, 0.29) is 5.91 Å². The lowest BCUT2D eigenvalue weighted by Gasteiger charge is -2.26. The van der Waals surface area contributed by atoms with Crippen molar-refractivity contribution < 1.29 is 9.53 Å². The van der Waals surface area contributed by atoms with Gasteiger partial charge in [-0.25, -0.2) is 0 Å². The number of benzene rings is 2. The second kappa shape index (κ2) is 9.72. The average Bonchev–Trinajstić information content (AvgIpc) is 2.68. The fourth-order valence-corrected chi connectivity index (χ4v) is 3.25. The molecule has 0 bridgehead atoms. The Bertz CT molecular complexity index is 712. The average molecular weight is 373 g/mol. The van der Waals surface area contributed by atoms with Crippen LogP contribution in [0.2, 0.25) is 5.02 Å². The third-order valence-corrected chi connectivity index (χ3v) is 4.97. The number of nitrogens with zero attached hydrogens (tertiary/aromatic N) is 1. The molecule has 5 heteroatoms. The van der Waals surface area contributed by atoms with Crippen molar-refractivity contribution >= 4 is 17.5 Å². The minimum absolute atomic E-state index is 0.0438. The molecule has 2 aromatic carbocycles. The number of halogens is 1. The first-order chi connectivity index (χ1) is 12.7. The molecule has 0 saturated carbocycles. The van der Waals surface area contributed by atoms with Gasteiger partial charge in [-0.1, -0.05) is 54.1 Å². The Morgan fingerprint density at radius 2 is 1.73 bits per heavy atom. The molecule has 0 aliphatic carbocycles. The smallest absolute Gasteiger partial charge is 0.220 e. The van der Waals surface area contributed by atoms with Crippen LogP contribution in [0.25, 0.3) is 0 Å². The zero-order valence-corrected chi connectivity index (χ0v) is 15.7. The molecule has 1 fully saturated rings. The summed E-state index contributed by atoms with van der Waals surface area (Å²) in [6.45, 7) is 5.12. The predicted molar refractivity (Wildman–Crippen MR) is 104 cm³/mol. The molecular formula is C21H25ClN2O2. The van der Waals surface area contributed by atoms with Crippen molar-refractivity contribution in [2.45, 2.75) is 25.9 Å². The highest BCUT2D eigenvalue weighted by Gasteiger charge is 2.10. The van der Waals surface area contributed by atoms with Crippen LogP contribution in [0.3, 0.4) is 0 Å². The number of hydrogen-bond donors (Lipinski definition) is 1. The number of amides is 1. The van der Waals surface area contributed by atoms with Gasteiger partial charge in [0.1, 0.15) is 0 Å². The van der Waals surface area contributed by atoms with Gasteiger partial charge < -0.3 is 10.1 Å². The van der Waals surface area contributed by atoms with Crippen LogP contribution in [-0.2, 0) is 29.0 Å². The largest absolute Gasteiger partial charge is 0.379 e. The topological polar surface area (TPSA) is 41.6 Å². The Labute approximate surface area is 160 Å². The fraction of sp³-hybridized carbons (Fsp3) is 0.381. The molecular weight excluding hydrogens is 348 g/mol. The van der Waals surface area contributed by atoms with Crippen LogP contribution in [0, 0.1) is 0 Å². The monoisotopic (exact) mass is 372 g/mol. The molecule has 1 saturated heterocycles. The summed E-state index contributed by atoms with van der Waals surface area (Å²) < 4.78 is 5.38. The summed E-state index contributed by atoms with van der Waals surface area (Å²) in [4.78, 5) is 14.5. The minimum atomic E-state index is 0.0438. The van der Waals surface area contributed by atoms with E-state index in [9.17, 15) is 4.79 Å². The van der Waals surface area contributed by atoms with Crippen molar-refractivity contribution in [3.63, 3.8) is 0 Å². The lowest BCUT2D eigenvalue weighted by atomic mass is 10.1. The van der Waals surface area contributed by atoms with E-state index in [0.717, 1.165) is 49.0 Å². The van der Waals surface area contributed by atoms with Crippen molar-refractivity contribution in [2.24, 2.45) is 0 Å². The Morgan fingerprint density at radius 3 is 2.46 bits per heavy atom. The summed E-state index contributed by atoms with van der Waals surface area (Å²) in [6.07, 6.45) is 1.10. The van der Waals surface area contributed by atoms with Gasteiger partial charge in [0.25, 0.3) is 0 Å². The van der Waals surface area contributed by atoms with E-state index >= 15 is 0 Å². The van der Waals surface area contributed by atoms with Gasteiger partial charge in [0.2, 0.25) is 5.91 Å². The van der Waals surface area contributed by atoms with Crippen molar-refractivity contribution in [1.82, 2.24) is 10.2 Å². The maximum Gasteiger partial charge on any atom is 0.220 e. The maximum atomic E-state index is 12.1. The Balaban J connectivity index is 1.41. The number of carbonyl (C=O) groups excluding carboxylic acids is 1. The zero-order valence-electron chi connectivity index (χ0n) is 14.9. The molecule has 4 nitrogen and oxygen atoms in total. The first kappa shape index (κ1) is 18.9. The molecule has 2 aromatic rings. The molecule has 138 valence electrons. The highest BCUT2D eigenvalue weighted by molar-refractivity contribution is 6.31. The fourth-order valence-electron chi connectivity index (χ4n) is 3.02. The van der Waals surface area contributed by atoms with E-state index in [2.05, 4.69) is 34.5 Å². The van der Waals surface area contributed by atoms with E-state index in [4.69, 9.17) is 16.3 Å². The summed E-state index contributed by atoms with van der Waals surface area (Å²) in [5.74, 6) is 0.0438. The van der Waals surface area contributed by atoms with Crippen LogP contribution < -0.4 is 5.32 Å². The second-order valence-corrected chi connectivity index (χ2v) is 6.98. The number of aryl methyl sites for hydroxylation is 1. The third-order valence-electron chi connectivity index (χ3n) is 4.60. The molecule has 26 heavy (non-hydrogen) atoms. The highest BCUT2D eigenvalue weighted by atomic mass is 35.5. The minimum Gasteiger partial charge on any atom is -0.379 e. The van der Waals surface area contributed by atoms with Gasteiger partial charge >= 0.3 is 0 Å². The summed E-state index contributed by atoms with van der Waals surface area (Å²) >= 11 is 6.12. The standard InChI is InChI=1S/C21H25ClN2O2/c22-20-4-2-1-3-19(20)9-10-21(25)23-15-17-5-7-18(8-6-17)16-24-11-13-26-14-12-24/h1-8H,9-16H2,(H,23,25). The summed E-state index contributed by atoms with van der Waals surface area (Å²) in [5.41, 5.74) is 3.42. The molecule has 1 amide bonds. The van der Waals surface area contributed by atoms with E-state index in [1.807, 2.05) is 24.3 Å². The van der Waals surface area contributed by atoms with E-state index in [1.54, 1.807) is 0 Å². The van der Waals surface area contributed by atoms with Crippen LogP contribution in [0.1, 0.15) is 23.1 Å². The van der Waals surface area contributed by atoms with Crippen molar-refractivity contribution in [3.05, 3.63) is 70.2 Å². The van der Waals surface area contributed by atoms with Gasteiger partial charge in [-0.15, -0.1) is 0 Å². The van der Waals surface area contributed by atoms with Gasteiger partial charge in [-0.05, 0) is 29.2 Å². The van der Waals surface area contributed by atoms with Crippen LogP contribution >= 0.6 is 11.6 Å². The molecule has 0 unspecified atom stereocenters. The number of hydrogen-bond acceptors (Lipinski definition) is 3. The molecule has 1 aliphatic rings. The molecule has 1 heterocycles. The van der Waals surface area contributed by atoms with Crippen LogP contribution in [-0.4, -0.2) is 37.1 Å². The van der Waals surface area contributed by atoms with Crippen molar-refractivity contribution in [3.8, 4) is 0 Å². The van der Waals surface area contributed by atoms with E-state index < -0.39 is 0 Å². The summed E-state index contributed by atoms with van der Waals surface area (Å²) in [5, 5.41) is 3.70. The number of ether oxygens (including phenoxy) is 1. The predicted octanol–water partition coefficient (Wildman–Crippen LogP) is 3.42. The number of carbonyl (C=O) groups is 1. The number of morpholine rings is 1. The van der Waals surface area contributed by atoms with Gasteiger partial charge in [0.05, 0.1) is 13.2 Å². The van der Waals surface area contributed by atoms with Crippen molar-refractivity contribution in [2.75, 3.05) is 26.3 Å². The van der Waals surface area contributed by atoms with Gasteiger partial charge in [0, 0.05) is 37.6 Å². The number of nitrogens with one attached hydrogen (secondary N) is 1. The molecule has 0 radical (unpaired) electrons. The van der Waals surface area contributed by atoms with Crippen LogP contribution in [0.5, 0.6) is 0 Å². The van der Waals surface area contributed by atoms with Gasteiger partial charge in [-0.3, -0.25) is 9.69 Å². The third kappa shape index (κ3) is 5.84. The molecule has 1 N–H and O–H groups in total. The number of rotatable bonds is 7. The first-order valence-electron chi connectivity index (χ1n) is 9.09. The summed E-state index contributed by atoms with van der Waals surface area (Å²) in [6, 6.07) is 16.1. The SMILES string of the molecule is O=C(CCc1ccccc1Cl)NCc1ccc(CN2CCOCC2)cc1. The normalized spacial score (nSPS) is 15.0. The molecule has 3 rings (SSSR count). The lowest BCUT2D eigenvalue weighted by Crippen LogP contribution is -2.35. The Kier molecular flexibility index (Phi) is 7.06. The van der Waals surface area contributed by atoms with Crippen LogP contribution in [0.15, 0.2) is 48.5 Å². The zero-order chi connectivity index (χ0) is 18.2. The van der Waals surface area contributed by atoms with Gasteiger partial charge in [0.15, 0.2) is 0 Å². The molecule has 0 aromatic heterocycles. The molecule has 0 atom stereocenters. The molecule has 1 aliphatic heterocycles. The van der Waals surface area contributed by atoms with Gasteiger partial charge in [-0.2, -0.15) is 0 Å². The summed E-state index contributed by atoms with van der Waals surface area (Å²) in [7, 11) is 0. The van der Waals surface area contributed by atoms with Crippen LogP contribution in [0.4, 0.5) is 0 Å². The van der Waals surface area contributed by atoms with E-state index in [1.165, 1.54) is 5.56 Å². The quantitative estimate of drug-likeness (QED) is 0.809. The Hall–Kier alpha value is -1.88.